The van der Waals surface area contributed by atoms with Crippen LogP contribution in [-0.2, 0) is 6.18 Å². The minimum atomic E-state index is -4.52. The zero-order valence-electron chi connectivity index (χ0n) is 13.4. The van der Waals surface area contributed by atoms with E-state index in [1.54, 1.807) is 24.3 Å². The minimum Gasteiger partial charge on any atom is -0.342 e. The molecule has 1 aliphatic heterocycles. The quantitative estimate of drug-likeness (QED) is 0.668. The van der Waals surface area contributed by atoms with E-state index in [0.29, 0.717) is 24.6 Å². The Morgan fingerprint density at radius 1 is 1.12 bits per heavy atom. The highest BCUT2D eigenvalue weighted by atomic mass is 35.5. The minimum absolute atomic E-state index is 0.0611. The van der Waals surface area contributed by atoms with Gasteiger partial charge >= 0.3 is 6.18 Å². The number of pyridine rings is 1. The maximum atomic E-state index is 13.2. The molecular weight excluding hydrogens is 367 g/mol. The number of aromatic nitrogens is 2. The van der Waals surface area contributed by atoms with Crippen LogP contribution in [0.3, 0.4) is 0 Å². The second kappa shape index (κ2) is 6.02. The van der Waals surface area contributed by atoms with E-state index in [1.807, 2.05) is 4.90 Å². The Hall–Kier alpha value is -2.54. The van der Waals surface area contributed by atoms with Gasteiger partial charge in [0.1, 0.15) is 0 Å². The topological polar surface area (TPSA) is 37.6 Å². The van der Waals surface area contributed by atoms with Crippen LogP contribution in [0.2, 0.25) is 5.02 Å². The smallest absolute Gasteiger partial charge is 0.342 e. The van der Waals surface area contributed by atoms with Crippen molar-refractivity contribution < 1.29 is 13.2 Å². The van der Waals surface area contributed by atoms with Gasteiger partial charge in [-0.1, -0.05) is 29.8 Å². The molecule has 4 rings (SSSR count). The fourth-order valence-electron chi connectivity index (χ4n) is 3.01. The molecule has 3 aromatic rings. The lowest BCUT2D eigenvalue weighted by Gasteiger charge is -2.32. The summed E-state index contributed by atoms with van der Waals surface area (Å²) in [5.74, 6) is 0.348. The normalized spacial score (nSPS) is 14.5. The van der Waals surface area contributed by atoms with Crippen molar-refractivity contribution in [3.05, 3.63) is 63.5 Å². The van der Waals surface area contributed by atoms with Gasteiger partial charge in [-0.05, 0) is 24.6 Å². The van der Waals surface area contributed by atoms with Gasteiger partial charge in [-0.3, -0.25) is 9.20 Å². The summed E-state index contributed by atoms with van der Waals surface area (Å²) in [6.45, 7) is 1.42. The van der Waals surface area contributed by atoms with Crippen molar-refractivity contribution in [3.63, 3.8) is 0 Å². The van der Waals surface area contributed by atoms with E-state index in [1.165, 1.54) is 10.6 Å². The highest BCUT2D eigenvalue weighted by molar-refractivity contribution is 6.33. The lowest BCUT2D eigenvalue weighted by molar-refractivity contribution is -0.137. The summed E-state index contributed by atoms with van der Waals surface area (Å²) in [4.78, 5) is 18.7. The Morgan fingerprint density at radius 3 is 2.46 bits per heavy atom. The van der Waals surface area contributed by atoms with Crippen LogP contribution in [0.4, 0.5) is 19.1 Å². The van der Waals surface area contributed by atoms with Crippen LogP contribution in [0, 0.1) is 0 Å². The van der Waals surface area contributed by atoms with E-state index in [4.69, 9.17) is 11.6 Å². The van der Waals surface area contributed by atoms with Crippen molar-refractivity contribution in [2.75, 3.05) is 18.0 Å². The molecule has 4 nitrogen and oxygen atoms in total. The van der Waals surface area contributed by atoms with Crippen molar-refractivity contribution in [1.82, 2.24) is 9.38 Å². The molecule has 1 fully saturated rings. The summed E-state index contributed by atoms with van der Waals surface area (Å²) < 4.78 is 41.2. The third kappa shape index (κ3) is 2.72. The molecule has 134 valence electrons. The molecule has 3 heterocycles. The first-order valence-corrected chi connectivity index (χ1v) is 8.37. The molecule has 0 aliphatic carbocycles. The summed E-state index contributed by atoms with van der Waals surface area (Å²) in [5, 5.41) is 0.280. The van der Waals surface area contributed by atoms with E-state index in [9.17, 15) is 18.0 Å². The Bertz CT molecular complexity index is 1060. The van der Waals surface area contributed by atoms with Crippen LogP contribution >= 0.6 is 11.6 Å². The second-order valence-electron chi connectivity index (χ2n) is 6.08. The molecule has 0 N–H and O–H groups in total. The molecule has 0 spiro atoms. The number of hydrogen-bond donors (Lipinski definition) is 0. The summed E-state index contributed by atoms with van der Waals surface area (Å²) >= 11 is 6.19. The van der Waals surface area contributed by atoms with E-state index < -0.39 is 17.3 Å². The molecule has 0 atom stereocenters. The Balaban J connectivity index is 2.09. The van der Waals surface area contributed by atoms with Crippen molar-refractivity contribution in [2.45, 2.75) is 12.6 Å². The number of nitrogens with zero attached hydrogens (tertiary/aromatic N) is 3. The predicted octanol–water partition coefficient (Wildman–Crippen LogP) is 4.24. The van der Waals surface area contributed by atoms with Crippen molar-refractivity contribution >= 4 is 23.1 Å². The van der Waals surface area contributed by atoms with Gasteiger partial charge in [-0.2, -0.15) is 18.2 Å². The van der Waals surface area contributed by atoms with Crippen LogP contribution in [0.5, 0.6) is 0 Å². The maximum absolute atomic E-state index is 13.2. The van der Waals surface area contributed by atoms with Crippen molar-refractivity contribution in [2.24, 2.45) is 0 Å². The predicted molar refractivity (Wildman–Crippen MR) is 93.7 cm³/mol. The Morgan fingerprint density at radius 2 is 1.85 bits per heavy atom. The Kier molecular flexibility index (Phi) is 3.91. The molecule has 0 amide bonds. The Labute approximate surface area is 151 Å². The van der Waals surface area contributed by atoms with Gasteiger partial charge in [0.2, 0.25) is 5.95 Å². The van der Waals surface area contributed by atoms with Gasteiger partial charge in [0.15, 0.2) is 0 Å². The molecule has 8 heteroatoms. The summed E-state index contributed by atoms with van der Waals surface area (Å²) in [6.07, 6.45) is -2.26. The largest absolute Gasteiger partial charge is 0.416 e. The molecule has 2 aromatic heterocycles. The second-order valence-corrected chi connectivity index (χ2v) is 6.49. The molecule has 0 unspecified atom stereocenters. The SMILES string of the molecule is O=c1nc(N2CCC2)n2ccc(C(F)(F)F)cc2c1-c1ccccc1Cl. The standard InChI is InChI=1S/C18H13ClF3N3O/c19-13-5-2-1-4-12(13)15-14-10-11(18(20,21)22)6-9-25(14)17(23-16(15)26)24-7-3-8-24/h1-2,4-6,9-10H,3,7-8H2. The number of alkyl halides is 3. The number of hydrogen-bond acceptors (Lipinski definition) is 3. The molecule has 0 bridgehead atoms. The van der Waals surface area contributed by atoms with Crippen LogP contribution in [0.15, 0.2) is 47.4 Å². The number of halogens is 4. The zero-order valence-corrected chi connectivity index (χ0v) is 14.2. The fourth-order valence-corrected chi connectivity index (χ4v) is 3.24. The molecular formula is C18H13ClF3N3O. The highest BCUT2D eigenvalue weighted by Crippen LogP contribution is 2.34. The molecule has 0 saturated carbocycles. The van der Waals surface area contributed by atoms with E-state index >= 15 is 0 Å². The third-order valence-corrected chi connectivity index (χ3v) is 4.78. The first kappa shape index (κ1) is 16.9. The van der Waals surface area contributed by atoms with E-state index in [2.05, 4.69) is 4.98 Å². The summed E-state index contributed by atoms with van der Waals surface area (Å²) in [7, 11) is 0. The molecule has 1 saturated heterocycles. The third-order valence-electron chi connectivity index (χ3n) is 4.45. The fraction of sp³-hybridized carbons (Fsp3) is 0.222. The molecule has 1 aliphatic rings. The monoisotopic (exact) mass is 379 g/mol. The number of anilines is 1. The van der Waals surface area contributed by atoms with E-state index in [-0.39, 0.29) is 16.1 Å². The number of rotatable bonds is 2. The number of benzene rings is 1. The van der Waals surface area contributed by atoms with Gasteiger partial charge in [0, 0.05) is 29.9 Å². The van der Waals surface area contributed by atoms with Gasteiger partial charge in [0.25, 0.3) is 5.56 Å². The zero-order chi connectivity index (χ0) is 18.5. The van der Waals surface area contributed by atoms with Crippen LogP contribution in [0.1, 0.15) is 12.0 Å². The van der Waals surface area contributed by atoms with Crippen molar-refractivity contribution in [3.8, 4) is 11.1 Å². The first-order chi connectivity index (χ1) is 12.4. The van der Waals surface area contributed by atoms with Crippen molar-refractivity contribution in [1.29, 1.82) is 0 Å². The van der Waals surface area contributed by atoms with Gasteiger partial charge in [-0.15, -0.1) is 0 Å². The lowest BCUT2D eigenvalue weighted by atomic mass is 10.0. The average Bonchev–Trinajstić information content (AvgIpc) is 2.53. The number of fused-ring (bicyclic) bond motifs is 1. The molecule has 0 radical (unpaired) electrons. The van der Waals surface area contributed by atoms with Crippen LogP contribution < -0.4 is 10.5 Å². The average molecular weight is 380 g/mol. The van der Waals surface area contributed by atoms with Gasteiger partial charge < -0.3 is 4.90 Å². The van der Waals surface area contributed by atoms with Crippen LogP contribution in [-0.4, -0.2) is 22.5 Å². The van der Waals surface area contributed by atoms with E-state index in [0.717, 1.165) is 18.6 Å². The summed E-state index contributed by atoms with van der Waals surface area (Å²) in [5.41, 5.74) is -0.871. The molecule has 26 heavy (non-hydrogen) atoms. The highest BCUT2D eigenvalue weighted by Gasteiger charge is 2.32. The first-order valence-electron chi connectivity index (χ1n) is 8.00. The maximum Gasteiger partial charge on any atom is 0.416 e. The van der Waals surface area contributed by atoms with Gasteiger partial charge in [-0.25, -0.2) is 0 Å². The molecule has 1 aromatic carbocycles. The van der Waals surface area contributed by atoms with Gasteiger partial charge in [0.05, 0.1) is 16.6 Å². The van der Waals surface area contributed by atoms with Crippen LogP contribution in [0.25, 0.3) is 16.6 Å². The lowest BCUT2D eigenvalue weighted by Crippen LogP contribution is -2.40. The summed E-state index contributed by atoms with van der Waals surface area (Å²) in [6, 6.07) is 8.51.